The van der Waals surface area contributed by atoms with Crippen molar-refractivity contribution < 1.29 is 0 Å². The lowest BCUT2D eigenvalue weighted by molar-refractivity contribution is 0.655. The molecule has 1 aromatic carbocycles. The largest absolute Gasteiger partial charge is 0.326 e. The lowest BCUT2D eigenvalue weighted by atomic mass is 10.2. The molecule has 1 saturated heterocycles. The number of para-hydroxylation sites is 1. The second-order valence-corrected chi connectivity index (χ2v) is 9.51. The summed E-state index contributed by atoms with van der Waals surface area (Å²) >= 11 is 5.90. The molecule has 2 aromatic rings. The smallest absolute Gasteiger partial charge is 0.0954 e. The molecule has 20 heavy (non-hydrogen) atoms. The van der Waals surface area contributed by atoms with Crippen LogP contribution in [-0.2, 0) is 6.42 Å². The van der Waals surface area contributed by atoms with Gasteiger partial charge in [0.1, 0.15) is 0 Å². The number of fused-ring (bicyclic) bond motifs is 1. The van der Waals surface area contributed by atoms with Gasteiger partial charge in [-0.1, -0.05) is 26.0 Å². The Morgan fingerprint density at radius 1 is 1.30 bits per heavy atom. The van der Waals surface area contributed by atoms with E-state index >= 15 is 0 Å². The summed E-state index contributed by atoms with van der Waals surface area (Å²) in [7, 11) is 0. The van der Waals surface area contributed by atoms with Crippen LogP contribution in [0.2, 0.25) is 0 Å². The number of aromatic nitrogens is 1. The van der Waals surface area contributed by atoms with E-state index in [1.165, 1.54) is 15.5 Å². The first kappa shape index (κ1) is 14.7. The van der Waals surface area contributed by atoms with Crippen molar-refractivity contribution in [3.05, 3.63) is 29.3 Å². The maximum Gasteiger partial charge on any atom is 0.0954 e. The van der Waals surface area contributed by atoms with Crippen LogP contribution >= 0.6 is 34.9 Å². The molecular formula is C15H20N2S3. The summed E-state index contributed by atoms with van der Waals surface area (Å²) in [6, 6.07) is 8.54. The average Bonchev–Trinajstić information content (AvgIpc) is 2.83. The zero-order valence-corrected chi connectivity index (χ0v) is 14.2. The maximum atomic E-state index is 6.44. The summed E-state index contributed by atoms with van der Waals surface area (Å²) in [6.07, 6.45) is 0.901. The molecule has 0 amide bonds. The molecule has 2 nitrogen and oxygen atoms in total. The van der Waals surface area contributed by atoms with Crippen LogP contribution in [0.15, 0.2) is 24.3 Å². The highest BCUT2D eigenvalue weighted by atomic mass is 32.2. The molecule has 3 rings (SSSR count). The average molecular weight is 325 g/mol. The second kappa shape index (κ2) is 6.26. The van der Waals surface area contributed by atoms with E-state index in [0.717, 1.165) is 17.2 Å². The minimum absolute atomic E-state index is 0.211. The fourth-order valence-corrected chi connectivity index (χ4v) is 6.47. The van der Waals surface area contributed by atoms with Crippen LogP contribution < -0.4 is 5.73 Å². The molecule has 2 N–H and O–H groups in total. The summed E-state index contributed by atoms with van der Waals surface area (Å²) in [5.41, 5.74) is 7.55. The van der Waals surface area contributed by atoms with E-state index in [0.29, 0.717) is 10.5 Å². The van der Waals surface area contributed by atoms with E-state index in [9.17, 15) is 0 Å². The molecule has 2 heterocycles. The number of hydrogen-bond acceptors (Lipinski definition) is 5. The third-order valence-electron chi connectivity index (χ3n) is 3.80. The molecule has 0 radical (unpaired) electrons. The lowest BCUT2D eigenvalue weighted by Crippen LogP contribution is -2.41. The molecule has 4 atom stereocenters. The van der Waals surface area contributed by atoms with Crippen molar-refractivity contribution in [1.82, 2.24) is 4.98 Å². The van der Waals surface area contributed by atoms with Crippen molar-refractivity contribution in [3.63, 3.8) is 0 Å². The first-order valence-corrected chi connectivity index (χ1v) is 9.81. The highest BCUT2D eigenvalue weighted by Crippen LogP contribution is 2.37. The fraction of sp³-hybridized carbons (Fsp3) is 0.533. The monoisotopic (exact) mass is 324 g/mol. The Labute approximate surface area is 132 Å². The molecule has 1 fully saturated rings. The predicted molar refractivity (Wildman–Crippen MR) is 94.1 cm³/mol. The molecule has 1 aliphatic heterocycles. The number of benzene rings is 1. The zero-order valence-electron chi connectivity index (χ0n) is 11.8. The second-order valence-electron chi connectivity index (χ2n) is 5.36. The Balaban J connectivity index is 1.67. The van der Waals surface area contributed by atoms with E-state index in [-0.39, 0.29) is 6.04 Å². The SMILES string of the molecule is CC1SCC(C(N)Cc2nc3ccccc3s2)SC1C. The quantitative estimate of drug-likeness (QED) is 0.932. The van der Waals surface area contributed by atoms with Gasteiger partial charge in [-0.15, -0.1) is 11.3 Å². The summed E-state index contributed by atoms with van der Waals surface area (Å²) in [6.45, 7) is 4.64. The maximum absolute atomic E-state index is 6.44. The van der Waals surface area contributed by atoms with Crippen molar-refractivity contribution in [2.24, 2.45) is 5.73 Å². The zero-order chi connectivity index (χ0) is 14.1. The van der Waals surface area contributed by atoms with Gasteiger partial charge in [-0.3, -0.25) is 0 Å². The number of hydrogen-bond donors (Lipinski definition) is 1. The minimum Gasteiger partial charge on any atom is -0.326 e. The topological polar surface area (TPSA) is 38.9 Å². The first-order valence-electron chi connectivity index (χ1n) is 7.00. The molecule has 4 unspecified atom stereocenters. The number of nitrogens with two attached hydrogens (primary N) is 1. The third kappa shape index (κ3) is 3.16. The van der Waals surface area contributed by atoms with Gasteiger partial charge in [-0.05, 0) is 12.1 Å². The van der Waals surface area contributed by atoms with Gasteiger partial charge in [0.05, 0.1) is 15.2 Å². The number of thiazole rings is 1. The van der Waals surface area contributed by atoms with Gasteiger partial charge in [0.25, 0.3) is 0 Å². The van der Waals surface area contributed by atoms with Crippen molar-refractivity contribution in [3.8, 4) is 0 Å². The van der Waals surface area contributed by atoms with Crippen molar-refractivity contribution in [2.45, 2.75) is 42.1 Å². The van der Waals surface area contributed by atoms with Crippen LogP contribution in [0.3, 0.4) is 0 Å². The molecule has 0 bridgehead atoms. The summed E-state index contributed by atoms with van der Waals surface area (Å²) < 4.78 is 1.27. The normalized spacial score (nSPS) is 28.6. The number of nitrogens with zero attached hydrogens (tertiary/aromatic N) is 1. The first-order chi connectivity index (χ1) is 9.63. The van der Waals surface area contributed by atoms with Gasteiger partial charge in [-0.25, -0.2) is 4.98 Å². The van der Waals surface area contributed by atoms with E-state index in [4.69, 9.17) is 10.7 Å². The number of rotatable bonds is 3. The molecule has 108 valence electrons. The van der Waals surface area contributed by atoms with Crippen LogP contribution in [0, 0.1) is 0 Å². The van der Waals surface area contributed by atoms with Gasteiger partial charge >= 0.3 is 0 Å². The van der Waals surface area contributed by atoms with E-state index in [1.807, 2.05) is 6.07 Å². The molecule has 1 aliphatic rings. The Bertz CT molecular complexity index is 550. The van der Waals surface area contributed by atoms with Crippen molar-refractivity contribution >= 4 is 45.1 Å². The lowest BCUT2D eigenvalue weighted by Gasteiger charge is -2.34. The van der Waals surface area contributed by atoms with Gasteiger partial charge in [0, 0.05) is 34.0 Å². The number of thioether (sulfide) groups is 2. The summed E-state index contributed by atoms with van der Waals surface area (Å²) in [5.74, 6) is 1.17. The molecule has 0 saturated carbocycles. The molecular weight excluding hydrogens is 304 g/mol. The van der Waals surface area contributed by atoms with Crippen LogP contribution in [0.1, 0.15) is 18.9 Å². The van der Waals surface area contributed by atoms with E-state index in [2.05, 4.69) is 55.6 Å². The minimum atomic E-state index is 0.211. The van der Waals surface area contributed by atoms with Crippen molar-refractivity contribution in [2.75, 3.05) is 5.75 Å². The molecule has 0 spiro atoms. The van der Waals surface area contributed by atoms with E-state index < -0.39 is 0 Å². The van der Waals surface area contributed by atoms with E-state index in [1.54, 1.807) is 11.3 Å². The van der Waals surface area contributed by atoms with Crippen LogP contribution in [0.4, 0.5) is 0 Å². The Morgan fingerprint density at radius 2 is 2.10 bits per heavy atom. The molecule has 1 aromatic heterocycles. The molecule has 0 aliphatic carbocycles. The van der Waals surface area contributed by atoms with Crippen LogP contribution in [0.5, 0.6) is 0 Å². The van der Waals surface area contributed by atoms with Gasteiger partial charge < -0.3 is 5.73 Å². The third-order valence-corrected chi connectivity index (χ3v) is 8.43. The van der Waals surface area contributed by atoms with Gasteiger partial charge in [0.15, 0.2) is 0 Å². The van der Waals surface area contributed by atoms with Crippen LogP contribution in [0.25, 0.3) is 10.2 Å². The Kier molecular flexibility index (Phi) is 4.60. The molecule has 5 heteroatoms. The van der Waals surface area contributed by atoms with Gasteiger partial charge in [0.2, 0.25) is 0 Å². The Morgan fingerprint density at radius 3 is 2.85 bits per heavy atom. The standard InChI is InChI=1S/C15H20N2S3/c1-9-10(2)19-14(8-18-9)11(16)7-15-17-12-5-3-4-6-13(12)20-15/h3-6,9-11,14H,7-8,16H2,1-2H3. The summed E-state index contributed by atoms with van der Waals surface area (Å²) in [4.78, 5) is 4.70. The summed E-state index contributed by atoms with van der Waals surface area (Å²) in [5, 5.41) is 3.17. The fourth-order valence-electron chi connectivity index (χ4n) is 2.37. The highest BCUT2D eigenvalue weighted by Gasteiger charge is 2.30. The Hall–Kier alpha value is -0.230. The predicted octanol–water partition coefficient (Wildman–Crippen LogP) is 3.79. The van der Waals surface area contributed by atoms with Gasteiger partial charge in [-0.2, -0.15) is 23.5 Å². The highest BCUT2D eigenvalue weighted by molar-refractivity contribution is 8.07. The van der Waals surface area contributed by atoms with Crippen LogP contribution in [-0.4, -0.2) is 32.5 Å². The van der Waals surface area contributed by atoms with Crippen molar-refractivity contribution in [1.29, 1.82) is 0 Å².